The number of nitrogens with zero attached hydrogens (tertiary/aromatic N) is 3. The van der Waals surface area contributed by atoms with Crippen molar-refractivity contribution in [3.63, 3.8) is 0 Å². The maximum atomic E-state index is 12.5. The first-order chi connectivity index (χ1) is 13.5. The summed E-state index contributed by atoms with van der Waals surface area (Å²) in [4.78, 5) is 38.9. The van der Waals surface area contributed by atoms with Crippen molar-refractivity contribution in [2.75, 3.05) is 18.6 Å². The summed E-state index contributed by atoms with van der Waals surface area (Å²) in [6, 6.07) is 16.0. The van der Waals surface area contributed by atoms with Gasteiger partial charge >= 0.3 is 11.1 Å². The highest BCUT2D eigenvalue weighted by atomic mass is 16.5. The predicted molar refractivity (Wildman–Crippen MR) is 107 cm³/mol. The van der Waals surface area contributed by atoms with Crippen LogP contribution in [0.2, 0.25) is 0 Å². The fraction of sp³-hybridized carbons (Fsp3) is 0.190. The Balaban J connectivity index is 1.83. The molecule has 0 spiro atoms. The number of hydrogen-bond donors (Lipinski definition) is 0. The minimum absolute atomic E-state index is 0.219. The van der Waals surface area contributed by atoms with E-state index < -0.39 is 11.1 Å². The molecular formula is C21H21N3O4. The fourth-order valence-electron chi connectivity index (χ4n) is 2.75. The number of amides is 1. The number of ether oxygens (including phenoxy) is 1. The van der Waals surface area contributed by atoms with Gasteiger partial charge in [-0.3, -0.25) is 23.5 Å². The van der Waals surface area contributed by atoms with Crippen molar-refractivity contribution >= 4 is 11.6 Å². The van der Waals surface area contributed by atoms with E-state index in [2.05, 4.69) is 0 Å². The van der Waals surface area contributed by atoms with Crippen LogP contribution in [0.15, 0.2) is 76.6 Å². The molecule has 3 rings (SSSR count). The lowest BCUT2D eigenvalue weighted by molar-refractivity contribution is -0.118. The summed E-state index contributed by atoms with van der Waals surface area (Å²) < 4.78 is 7.75. The third-order valence-electron chi connectivity index (χ3n) is 4.31. The molecule has 0 unspecified atom stereocenters. The van der Waals surface area contributed by atoms with Gasteiger partial charge in [-0.2, -0.15) is 0 Å². The van der Waals surface area contributed by atoms with Crippen LogP contribution in [0.3, 0.4) is 0 Å². The largest absolute Gasteiger partial charge is 0.494 e. The number of carbonyl (C=O) groups is 1. The standard InChI is InChI=1S/C21H21N3O4/c1-3-28-18-11-9-17(10-12-18)24-14-13-23(20(26)21(24)27)15-19(25)22(2)16-7-5-4-6-8-16/h4-14H,3,15H2,1-2H3. The number of anilines is 1. The molecule has 0 radical (unpaired) electrons. The topological polar surface area (TPSA) is 73.5 Å². The van der Waals surface area contributed by atoms with E-state index in [1.54, 1.807) is 43.4 Å². The normalized spacial score (nSPS) is 10.5. The van der Waals surface area contributed by atoms with Gasteiger partial charge in [0.25, 0.3) is 0 Å². The lowest BCUT2D eigenvalue weighted by atomic mass is 10.3. The van der Waals surface area contributed by atoms with Gasteiger partial charge in [0.2, 0.25) is 5.91 Å². The first-order valence-corrected chi connectivity index (χ1v) is 8.88. The minimum atomic E-state index is -0.758. The van der Waals surface area contributed by atoms with Gasteiger partial charge in [0.05, 0.1) is 6.61 Å². The van der Waals surface area contributed by atoms with Gasteiger partial charge in [0.1, 0.15) is 12.3 Å². The molecule has 0 N–H and O–H groups in total. The summed E-state index contributed by atoms with van der Waals surface area (Å²) in [6.45, 7) is 2.21. The van der Waals surface area contributed by atoms with Gasteiger partial charge in [-0.1, -0.05) is 18.2 Å². The molecule has 1 amide bonds. The van der Waals surface area contributed by atoms with E-state index in [4.69, 9.17) is 4.74 Å². The molecule has 28 heavy (non-hydrogen) atoms. The van der Waals surface area contributed by atoms with Crippen LogP contribution in [-0.2, 0) is 11.3 Å². The van der Waals surface area contributed by atoms with Crippen molar-refractivity contribution < 1.29 is 9.53 Å². The van der Waals surface area contributed by atoms with Gasteiger partial charge in [-0.15, -0.1) is 0 Å². The van der Waals surface area contributed by atoms with E-state index in [-0.39, 0.29) is 12.5 Å². The second kappa shape index (κ2) is 8.39. The maximum absolute atomic E-state index is 12.5. The number of hydrogen-bond acceptors (Lipinski definition) is 4. The molecule has 144 valence electrons. The van der Waals surface area contributed by atoms with Gasteiger partial charge in [0, 0.05) is 30.8 Å². The molecule has 7 heteroatoms. The number of benzene rings is 2. The molecular weight excluding hydrogens is 358 g/mol. The molecule has 3 aromatic rings. The van der Waals surface area contributed by atoms with Gasteiger partial charge in [-0.25, -0.2) is 0 Å². The van der Waals surface area contributed by atoms with Crippen LogP contribution in [0.4, 0.5) is 5.69 Å². The summed E-state index contributed by atoms with van der Waals surface area (Å²) in [6.07, 6.45) is 2.92. The van der Waals surface area contributed by atoms with Crippen LogP contribution in [0, 0.1) is 0 Å². The molecule has 0 saturated carbocycles. The molecule has 1 aromatic heterocycles. The zero-order valence-electron chi connectivity index (χ0n) is 15.7. The van der Waals surface area contributed by atoms with Gasteiger partial charge in [-0.05, 0) is 43.3 Å². The van der Waals surface area contributed by atoms with Gasteiger partial charge in [0.15, 0.2) is 0 Å². The zero-order valence-corrected chi connectivity index (χ0v) is 15.7. The average molecular weight is 379 g/mol. The molecule has 7 nitrogen and oxygen atoms in total. The molecule has 0 aliphatic carbocycles. The number of carbonyl (C=O) groups excluding carboxylic acids is 1. The van der Waals surface area contributed by atoms with Crippen LogP contribution in [0.5, 0.6) is 5.75 Å². The molecule has 1 heterocycles. The minimum Gasteiger partial charge on any atom is -0.494 e. The number of para-hydroxylation sites is 1. The van der Waals surface area contributed by atoms with Gasteiger partial charge < -0.3 is 9.64 Å². The number of likely N-dealkylation sites (N-methyl/N-ethyl adjacent to an activating group) is 1. The molecule has 0 aliphatic rings. The highest BCUT2D eigenvalue weighted by molar-refractivity contribution is 5.92. The first-order valence-electron chi connectivity index (χ1n) is 8.88. The Kier molecular flexibility index (Phi) is 5.74. The summed E-state index contributed by atoms with van der Waals surface area (Å²) >= 11 is 0. The lowest BCUT2D eigenvalue weighted by Gasteiger charge is -2.18. The average Bonchev–Trinajstić information content (AvgIpc) is 2.72. The van der Waals surface area contributed by atoms with E-state index in [9.17, 15) is 14.4 Å². The Morgan fingerprint density at radius 2 is 1.64 bits per heavy atom. The van der Waals surface area contributed by atoms with Crippen molar-refractivity contribution in [3.05, 3.63) is 87.7 Å². The molecule has 0 aliphatic heterocycles. The fourth-order valence-corrected chi connectivity index (χ4v) is 2.75. The van der Waals surface area contributed by atoms with Crippen molar-refractivity contribution in [2.24, 2.45) is 0 Å². The van der Waals surface area contributed by atoms with Crippen LogP contribution in [0.1, 0.15) is 6.92 Å². The zero-order chi connectivity index (χ0) is 20.1. The predicted octanol–water partition coefficient (Wildman–Crippen LogP) is 2.06. The van der Waals surface area contributed by atoms with Crippen molar-refractivity contribution in [2.45, 2.75) is 13.5 Å². The smallest absolute Gasteiger partial charge is 0.320 e. The second-order valence-electron chi connectivity index (χ2n) is 6.12. The Morgan fingerprint density at radius 1 is 0.964 bits per heavy atom. The van der Waals surface area contributed by atoms with Crippen LogP contribution < -0.4 is 20.8 Å². The Hall–Kier alpha value is -3.61. The van der Waals surface area contributed by atoms with Crippen molar-refractivity contribution in [1.82, 2.24) is 9.13 Å². The van der Waals surface area contributed by atoms with Crippen molar-refractivity contribution in [1.29, 1.82) is 0 Å². The van der Waals surface area contributed by atoms with Crippen LogP contribution in [0.25, 0.3) is 5.69 Å². The lowest BCUT2D eigenvalue weighted by Crippen LogP contribution is -2.42. The number of aromatic nitrogens is 2. The SMILES string of the molecule is CCOc1ccc(-n2ccn(CC(=O)N(C)c3ccccc3)c(=O)c2=O)cc1. The van der Waals surface area contributed by atoms with Crippen molar-refractivity contribution in [3.8, 4) is 11.4 Å². The number of rotatable bonds is 6. The van der Waals surface area contributed by atoms with Crippen LogP contribution in [-0.4, -0.2) is 28.7 Å². The Bertz CT molecular complexity index is 1070. The van der Waals surface area contributed by atoms with E-state index in [1.165, 1.54) is 21.9 Å². The Labute approximate surface area is 162 Å². The second-order valence-corrected chi connectivity index (χ2v) is 6.12. The maximum Gasteiger partial charge on any atom is 0.320 e. The third kappa shape index (κ3) is 4.03. The third-order valence-corrected chi connectivity index (χ3v) is 4.31. The molecule has 0 saturated heterocycles. The Morgan fingerprint density at radius 3 is 2.29 bits per heavy atom. The van der Waals surface area contributed by atoms with Crippen LogP contribution >= 0.6 is 0 Å². The molecule has 0 fully saturated rings. The van der Waals surface area contributed by atoms with E-state index in [0.29, 0.717) is 23.7 Å². The summed E-state index contributed by atoms with van der Waals surface area (Å²) in [7, 11) is 1.63. The summed E-state index contributed by atoms with van der Waals surface area (Å²) in [5.74, 6) is 0.383. The monoisotopic (exact) mass is 379 g/mol. The van der Waals surface area contributed by atoms with E-state index in [1.807, 2.05) is 25.1 Å². The molecule has 0 atom stereocenters. The van der Waals surface area contributed by atoms with E-state index >= 15 is 0 Å². The summed E-state index contributed by atoms with van der Waals surface area (Å²) in [5.41, 5.74) is -0.221. The quantitative estimate of drug-likeness (QED) is 0.615. The summed E-state index contributed by atoms with van der Waals surface area (Å²) in [5, 5.41) is 0. The molecule has 2 aromatic carbocycles. The highest BCUT2D eigenvalue weighted by Gasteiger charge is 2.14. The molecule has 0 bridgehead atoms. The first kappa shape index (κ1) is 19.2. The highest BCUT2D eigenvalue weighted by Crippen LogP contribution is 2.14. The van der Waals surface area contributed by atoms with E-state index in [0.717, 1.165) is 4.57 Å².